The SMILES string of the molecule is CNC(=O)C1(N2C[C@@H](C(C)C)NC2=O)Cc2ccc(NC(=O)C(NC(=O)c3ccnn3C)C3CCC(C(C)(C)C)CC3)cc2C1. The Balaban J connectivity index is 1.36. The van der Waals surface area contributed by atoms with Crippen LogP contribution in [-0.2, 0) is 29.5 Å². The van der Waals surface area contributed by atoms with Gasteiger partial charge in [-0.3, -0.25) is 19.1 Å². The third kappa shape index (κ3) is 6.44. The number of hydrogen-bond donors (Lipinski definition) is 4. The number of carbonyl (C=O) groups excluding carboxylic acids is 4. The van der Waals surface area contributed by atoms with Gasteiger partial charge in [0.15, 0.2) is 0 Å². The molecule has 1 aromatic carbocycles. The van der Waals surface area contributed by atoms with Gasteiger partial charge in [-0.15, -0.1) is 0 Å². The maximum absolute atomic E-state index is 13.9. The molecule has 1 aromatic heterocycles. The Kier molecular flexibility index (Phi) is 9.01. The van der Waals surface area contributed by atoms with Crippen molar-refractivity contribution in [2.45, 2.75) is 90.8 Å². The molecule has 1 saturated heterocycles. The van der Waals surface area contributed by atoms with Crippen LogP contribution < -0.4 is 21.3 Å². The van der Waals surface area contributed by atoms with Gasteiger partial charge in [-0.25, -0.2) is 4.79 Å². The van der Waals surface area contributed by atoms with Crippen molar-refractivity contribution in [1.82, 2.24) is 30.6 Å². The van der Waals surface area contributed by atoms with Crippen molar-refractivity contribution >= 4 is 29.4 Å². The Morgan fingerprint density at radius 3 is 2.31 bits per heavy atom. The molecule has 3 atom stereocenters. The standard InChI is InChI=1S/C34H49N7O4/c1-20(2)26-19-41(32(45)38-26)34(31(44)35-6)17-22-10-13-25(16-23(22)18-34)37-30(43)28(39-29(42)27-14-15-36-40(27)7)21-8-11-24(12-9-21)33(3,4)5/h10,13-16,20-21,24,26,28H,8-9,11-12,17-19H2,1-7H3,(H,35,44)(H,37,43)(H,38,45)(H,39,42)/t21?,24?,26-,28?,34?/m0/s1. The number of amides is 5. The van der Waals surface area contributed by atoms with Crippen LogP contribution in [-0.4, -0.2) is 69.6 Å². The Labute approximate surface area is 266 Å². The Morgan fingerprint density at radius 2 is 1.73 bits per heavy atom. The first-order valence-electron chi connectivity index (χ1n) is 16.3. The first kappa shape index (κ1) is 32.5. The monoisotopic (exact) mass is 619 g/mol. The number of nitrogens with zero attached hydrogens (tertiary/aromatic N) is 3. The first-order chi connectivity index (χ1) is 21.2. The van der Waals surface area contributed by atoms with Crippen molar-refractivity contribution in [2.24, 2.45) is 30.2 Å². The number of nitrogens with one attached hydrogen (secondary N) is 4. The van der Waals surface area contributed by atoms with Gasteiger partial charge in [0.2, 0.25) is 11.8 Å². The number of benzene rings is 1. The summed E-state index contributed by atoms with van der Waals surface area (Å²) in [6, 6.07) is 6.34. The second-order valence-corrected chi connectivity index (χ2v) is 14.6. The smallest absolute Gasteiger partial charge is 0.318 e. The second kappa shape index (κ2) is 12.5. The quantitative estimate of drug-likeness (QED) is 0.358. The number of aryl methyl sites for hydroxylation is 1. The second-order valence-electron chi connectivity index (χ2n) is 14.6. The van der Waals surface area contributed by atoms with Crippen molar-refractivity contribution in [3.63, 3.8) is 0 Å². The van der Waals surface area contributed by atoms with Crippen molar-refractivity contribution in [1.29, 1.82) is 0 Å². The number of aromatic nitrogens is 2. The number of urea groups is 1. The van der Waals surface area contributed by atoms with Gasteiger partial charge in [0.05, 0.1) is 6.04 Å². The van der Waals surface area contributed by atoms with Gasteiger partial charge in [-0.1, -0.05) is 40.7 Å². The number of carbonyl (C=O) groups is 4. The zero-order valence-corrected chi connectivity index (χ0v) is 27.7. The molecule has 11 nitrogen and oxygen atoms in total. The van der Waals surface area contributed by atoms with E-state index in [2.05, 4.69) is 61.0 Å². The van der Waals surface area contributed by atoms with Crippen LogP contribution >= 0.6 is 0 Å². The average Bonchev–Trinajstić information content (AvgIpc) is 3.71. The molecule has 0 radical (unpaired) electrons. The van der Waals surface area contributed by atoms with Crippen molar-refractivity contribution in [3.8, 4) is 0 Å². The van der Waals surface area contributed by atoms with Crippen LogP contribution in [0.3, 0.4) is 0 Å². The third-order valence-corrected chi connectivity index (χ3v) is 10.4. The predicted molar refractivity (Wildman–Crippen MR) is 173 cm³/mol. The molecular weight excluding hydrogens is 570 g/mol. The number of rotatable bonds is 8. The van der Waals surface area contributed by atoms with E-state index in [4.69, 9.17) is 0 Å². The largest absolute Gasteiger partial charge is 0.357 e. The summed E-state index contributed by atoms with van der Waals surface area (Å²) < 4.78 is 1.50. The number of likely N-dealkylation sites (N-methyl/N-ethyl adjacent to an activating group) is 1. The van der Waals surface area contributed by atoms with E-state index in [1.165, 1.54) is 4.68 Å². The van der Waals surface area contributed by atoms with Gasteiger partial charge in [-0.2, -0.15) is 5.10 Å². The topological polar surface area (TPSA) is 137 Å². The fourth-order valence-electron chi connectivity index (χ4n) is 7.50. The molecule has 5 rings (SSSR count). The molecule has 11 heteroatoms. The van der Waals surface area contributed by atoms with E-state index < -0.39 is 11.6 Å². The normalized spacial score (nSPS) is 25.5. The number of hydrogen-bond acceptors (Lipinski definition) is 5. The minimum absolute atomic E-state index is 0.00122. The van der Waals surface area contributed by atoms with Gasteiger partial charge in [0.1, 0.15) is 17.3 Å². The molecule has 244 valence electrons. The van der Waals surface area contributed by atoms with Gasteiger partial charge in [-0.05, 0) is 78.2 Å². The highest BCUT2D eigenvalue weighted by Crippen LogP contribution is 2.41. The van der Waals surface area contributed by atoms with Crippen LogP contribution in [0.5, 0.6) is 0 Å². The Morgan fingerprint density at radius 1 is 1.04 bits per heavy atom. The molecular formula is C34H49N7O4. The summed E-state index contributed by atoms with van der Waals surface area (Å²) in [6.45, 7) is 11.4. The van der Waals surface area contributed by atoms with E-state index in [0.29, 0.717) is 36.7 Å². The van der Waals surface area contributed by atoms with Crippen LogP contribution in [0.25, 0.3) is 0 Å². The van der Waals surface area contributed by atoms with Gasteiger partial charge < -0.3 is 26.2 Å². The fourth-order valence-corrected chi connectivity index (χ4v) is 7.50. The van der Waals surface area contributed by atoms with E-state index in [9.17, 15) is 19.2 Å². The van der Waals surface area contributed by atoms with E-state index in [1.807, 2.05) is 18.2 Å². The highest BCUT2D eigenvalue weighted by atomic mass is 16.2. The highest BCUT2D eigenvalue weighted by Gasteiger charge is 2.53. The molecule has 1 saturated carbocycles. The molecule has 0 bridgehead atoms. The lowest BCUT2D eigenvalue weighted by Gasteiger charge is -2.39. The van der Waals surface area contributed by atoms with Crippen molar-refractivity contribution in [2.75, 3.05) is 18.9 Å². The molecule has 3 aliphatic rings. The van der Waals surface area contributed by atoms with Crippen LogP contribution in [0, 0.1) is 23.2 Å². The lowest BCUT2D eigenvalue weighted by Crippen LogP contribution is -2.60. The molecule has 2 unspecified atom stereocenters. The van der Waals surface area contributed by atoms with Crippen molar-refractivity contribution in [3.05, 3.63) is 47.3 Å². The van der Waals surface area contributed by atoms with Crippen LogP contribution in [0.4, 0.5) is 10.5 Å². The highest BCUT2D eigenvalue weighted by molar-refractivity contribution is 6.01. The van der Waals surface area contributed by atoms with Gasteiger partial charge >= 0.3 is 6.03 Å². The average molecular weight is 620 g/mol. The Bertz CT molecular complexity index is 1450. The molecule has 45 heavy (non-hydrogen) atoms. The maximum Gasteiger partial charge on any atom is 0.318 e. The summed E-state index contributed by atoms with van der Waals surface area (Å²) >= 11 is 0. The summed E-state index contributed by atoms with van der Waals surface area (Å²) in [4.78, 5) is 55.4. The first-order valence-corrected chi connectivity index (χ1v) is 16.3. The molecule has 5 amide bonds. The summed E-state index contributed by atoms with van der Waals surface area (Å²) in [5, 5.41) is 16.1. The molecule has 2 aromatic rings. The van der Waals surface area contributed by atoms with Gasteiger partial charge in [0, 0.05) is 45.4 Å². The molecule has 0 spiro atoms. The lowest BCUT2D eigenvalue weighted by molar-refractivity contribution is -0.130. The number of fused-ring (bicyclic) bond motifs is 1. The summed E-state index contributed by atoms with van der Waals surface area (Å²) in [7, 11) is 3.30. The zero-order chi connectivity index (χ0) is 32.7. The van der Waals surface area contributed by atoms with Crippen LogP contribution in [0.15, 0.2) is 30.5 Å². The van der Waals surface area contributed by atoms with E-state index in [1.54, 1.807) is 31.3 Å². The third-order valence-electron chi connectivity index (χ3n) is 10.4. The van der Waals surface area contributed by atoms with E-state index in [-0.39, 0.29) is 47.0 Å². The summed E-state index contributed by atoms with van der Waals surface area (Å²) in [5.74, 6) is 0.00317. The molecule has 2 heterocycles. The molecule has 1 aliphatic heterocycles. The maximum atomic E-state index is 13.9. The van der Waals surface area contributed by atoms with Crippen LogP contribution in [0.2, 0.25) is 0 Å². The summed E-state index contributed by atoms with van der Waals surface area (Å²) in [6.07, 6.45) is 6.01. The molecule has 2 aliphatic carbocycles. The fraction of sp³-hybridized carbons (Fsp3) is 0.618. The Hall–Kier alpha value is -3.89. The van der Waals surface area contributed by atoms with Gasteiger partial charge in [0.25, 0.3) is 5.91 Å². The van der Waals surface area contributed by atoms with Crippen LogP contribution in [0.1, 0.15) is 81.9 Å². The number of anilines is 1. The zero-order valence-electron chi connectivity index (χ0n) is 27.7. The minimum Gasteiger partial charge on any atom is -0.357 e. The lowest BCUT2D eigenvalue weighted by atomic mass is 9.68. The molecule has 4 N–H and O–H groups in total. The summed E-state index contributed by atoms with van der Waals surface area (Å²) in [5.41, 5.74) is 2.03. The van der Waals surface area contributed by atoms with E-state index >= 15 is 0 Å². The van der Waals surface area contributed by atoms with Crippen molar-refractivity contribution < 1.29 is 19.2 Å². The minimum atomic E-state index is -1.04. The predicted octanol–water partition coefficient (Wildman–Crippen LogP) is 3.64. The molecule has 2 fully saturated rings. The van der Waals surface area contributed by atoms with E-state index in [0.717, 1.165) is 36.8 Å².